The average Bonchev–Trinajstić information content (AvgIpc) is 3.47. The van der Waals surface area contributed by atoms with Crippen molar-refractivity contribution in [3.63, 3.8) is 0 Å². The van der Waals surface area contributed by atoms with Crippen molar-refractivity contribution >= 4 is 22.9 Å². The Balaban J connectivity index is 1.17. The van der Waals surface area contributed by atoms with Crippen LogP contribution in [0.2, 0.25) is 0 Å². The summed E-state index contributed by atoms with van der Waals surface area (Å²) in [4.78, 5) is 42.7. The SMILES string of the molecule is Cc1cnc2n1-c1ccccc1C(c1ccccc1)=N[C@H]2NC(=O)N1CCC(n2c(=O)n(C)c3ncccc32)CC1. The number of fused-ring (bicyclic) bond motifs is 4. The van der Waals surface area contributed by atoms with Gasteiger partial charge in [0.1, 0.15) is 0 Å². The van der Waals surface area contributed by atoms with Crippen LogP contribution in [0.15, 0.2) is 88.9 Å². The number of hydrogen-bond acceptors (Lipinski definition) is 5. The highest BCUT2D eigenvalue weighted by Crippen LogP contribution is 2.31. The normalized spacial score (nSPS) is 17.1. The van der Waals surface area contributed by atoms with Gasteiger partial charge >= 0.3 is 11.7 Å². The van der Waals surface area contributed by atoms with Gasteiger partial charge in [-0.15, -0.1) is 0 Å². The van der Waals surface area contributed by atoms with Crippen LogP contribution in [0.3, 0.4) is 0 Å². The first-order valence-corrected chi connectivity index (χ1v) is 13.9. The topological polar surface area (TPSA) is 102 Å². The number of imidazole rings is 2. The minimum absolute atomic E-state index is 0.00363. The van der Waals surface area contributed by atoms with Gasteiger partial charge in [-0.05, 0) is 38.0 Å². The average molecular weight is 547 g/mol. The lowest BCUT2D eigenvalue weighted by molar-refractivity contribution is 0.168. The van der Waals surface area contributed by atoms with Crippen molar-refractivity contribution < 1.29 is 4.79 Å². The second-order valence-corrected chi connectivity index (χ2v) is 10.6. The maximum Gasteiger partial charge on any atom is 0.330 e. The Morgan fingerprint density at radius 2 is 1.71 bits per heavy atom. The summed E-state index contributed by atoms with van der Waals surface area (Å²) in [6, 6.07) is 21.7. The molecule has 2 aliphatic heterocycles. The van der Waals surface area contributed by atoms with E-state index in [1.165, 1.54) is 0 Å². The molecular weight excluding hydrogens is 516 g/mol. The highest BCUT2D eigenvalue weighted by atomic mass is 16.2. The summed E-state index contributed by atoms with van der Waals surface area (Å²) < 4.78 is 5.49. The van der Waals surface area contributed by atoms with Crippen LogP contribution in [-0.4, -0.2) is 53.4 Å². The van der Waals surface area contributed by atoms with Gasteiger partial charge in [-0.25, -0.2) is 19.6 Å². The van der Waals surface area contributed by atoms with Gasteiger partial charge in [0.2, 0.25) is 0 Å². The summed E-state index contributed by atoms with van der Waals surface area (Å²) in [5.74, 6) is 0.666. The van der Waals surface area contributed by atoms with Gasteiger partial charge < -0.3 is 10.2 Å². The predicted molar refractivity (Wildman–Crippen MR) is 156 cm³/mol. The number of aryl methyl sites for hydroxylation is 2. The molecule has 0 saturated carbocycles. The van der Waals surface area contributed by atoms with E-state index in [0.29, 0.717) is 37.4 Å². The second kappa shape index (κ2) is 9.88. The number of hydrogen-bond donors (Lipinski definition) is 1. The van der Waals surface area contributed by atoms with Gasteiger partial charge in [0.25, 0.3) is 0 Å². The van der Waals surface area contributed by atoms with Crippen LogP contribution in [0.25, 0.3) is 16.9 Å². The molecule has 1 fully saturated rings. The molecule has 1 atom stereocenters. The van der Waals surface area contributed by atoms with Crippen molar-refractivity contribution in [1.82, 2.24) is 33.9 Å². The predicted octanol–water partition coefficient (Wildman–Crippen LogP) is 4.13. The van der Waals surface area contributed by atoms with Crippen molar-refractivity contribution in [2.75, 3.05) is 13.1 Å². The summed E-state index contributed by atoms with van der Waals surface area (Å²) in [5.41, 5.74) is 6.12. The van der Waals surface area contributed by atoms with Gasteiger partial charge in [0.15, 0.2) is 17.6 Å². The smallest absolute Gasteiger partial charge is 0.325 e. The zero-order valence-corrected chi connectivity index (χ0v) is 22.9. The summed E-state index contributed by atoms with van der Waals surface area (Å²) in [6.07, 6.45) is 4.18. The Bertz CT molecular complexity index is 1860. The van der Waals surface area contributed by atoms with E-state index in [1.54, 1.807) is 22.7 Å². The number of aliphatic imine (C=N–C) groups is 1. The molecular formula is C31H30N8O2. The first kappa shape index (κ1) is 25.0. The van der Waals surface area contributed by atoms with Gasteiger partial charge in [0, 0.05) is 55.4 Å². The Morgan fingerprint density at radius 1 is 0.951 bits per heavy atom. The van der Waals surface area contributed by atoms with Gasteiger partial charge in [-0.2, -0.15) is 0 Å². The Hall–Kier alpha value is -4.99. The quantitative estimate of drug-likeness (QED) is 0.368. The van der Waals surface area contributed by atoms with Crippen LogP contribution in [0.1, 0.15) is 47.7 Å². The molecule has 2 amide bonds. The van der Waals surface area contributed by atoms with E-state index in [1.807, 2.05) is 72.3 Å². The third-order valence-electron chi connectivity index (χ3n) is 8.13. The molecule has 41 heavy (non-hydrogen) atoms. The fraction of sp³-hybridized carbons (Fsp3) is 0.258. The molecule has 5 aromatic rings. The van der Waals surface area contributed by atoms with E-state index >= 15 is 0 Å². The molecule has 0 bridgehead atoms. The number of benzene rings is 2. The number of amides is 2. The molecule has 7 rings (SSSR count). The lowest BCUT2D eigenvalue weighted by Gasteiger charge is -2.33. The molecule has 10 nitrogen and oxygen atoms in total. The van der Waals surface area contributed by atoms with Gasteiger partial charge in [0.05, 0.1) is 16.9 Å². The van der Waals surface area contributed by atoms with Crippen LogP contribution in [0, 0.1) is 6.92 Å². The van der Waals surface area contributed by atoms with E-state index in [0.717, 1.165) is 33.7 Å². The third-order valence-corrected chi connectivity index (χ3v) is 8.13. The van der Waals surface area contributed by atoms with E-state index in [9.17, 15) is 9.59 Å². The van der Waals surface area contributed by atoms with Crippen molar-refractivity contribution in [1.29, 1.82) is 0 Å². The number of para-hydroxylation sites is 1. The minimum Gasteiger partial charge on any atom is -0.325 e. The highest BCUT2D eigenvalue weighted by molar-refractivity contribution is 6.15. The Labute approximate surface area is 236 Å². The monoisotopic (exact) mass is 546 g/mol. The standard InChI is InChI=1S/C31H30N8O2/c1-20-19-33-29-27(34-26(21-9-4-3-5-10-21)23-11-6-7-12-24(23)38(20)29)35-30(40)37-17-14-22(15-18-37)39-25-13-8-16-32-28(25)36(2)31(39)41/h3-13,16,19,22,27H,14-15,17-18H2,1-2H3,(H,35,40)/t27-/m0/s1. The number of piperidine rings is 1. The molecule has 1 N–H and O–H groups in total. The number of nitrogens with one attached hydrogen (secondary N) is 1. The van der Waals surface area contributed by atoms with Crippen molar-refractivity contribution in [2.24, 2.45) is 12.0 Å². The fourth-order valence-electron chi connectivity index (χ4n) is 6.09. The molecule has 2 aromatic carbocycles. The minimum atomic E-state index is -0.678. The van der Waals surface area contributed by atoms with Crippen molar-refractivity contribution in [3.05, 3.63) is 112 Å². The number of nitrogens with zero attached hydrogens (tertiary/aromatic N) is 7. The maximum absolute atomic E-state index is 13.7. The van der Waals surface area contributed by atoms with E-state index in [-0.39, 0.29) is 17.8 Å². The molecule has 3 aromatic heterocycles. The number of carbonyl (C=O) groups excluding carboxylic acids is 1. The first-order chi connectivity index (χ1) is 20.0. The number of aromatic nitrogens is 5. The lowest BCUT2D eigenvalue weighted by Crippen LogP contribution is -2.46. The molecule has 10 heteroatoms. The molecule has 5 heterocycles. The van der Waals surface area contributed by atoms with Crippen LogP contribution >= 0.6 is 0 Å². The second-order valence-electron chi connectivity index (χ2n) is 10.6. The molecule has 0 aliphatic carbocycles. The third kappa shape index (κ3) is 4.14. The van der Waals surface area contributed by atoms with Gasteiger partial charge in [-0.1, -0.05) is 48.5 Å². The van der Waals surface area contributed by atoms with E-state index in [2.05, 4.69) is 27.0 Å². The number of pyridine rings is 1. The molecule has 0 radical (unpaired) electrons. The van der Waals surface area contributed by atoms with E-state index < -0.39 is 6.17 Å². The number of rotatable bonds is 3. The Morgan fingerprint density at radius 3 is 2.51 bits per heavy atom. The summed E-state index contributed by atoms with van der Waals surface area (Å²) >= 11 is 0. The van der Waals surface area contributed by atoms with Gasteiger partial charge in [-0.3, -0.25) is 18.7 Å². The molecule has 0 spiro atoms. The first-order valence-electron chi connectivity index (χ1n) is 13.9. The lowest BCUT2D eigenvalue weighted by atomic mass is 10.0. The highest BCUT2D eigenvalue weighted by Gasteiger charge is 2.31. The van der Waals surface area contributed by atoms with Crippen molar-refractivity contribution in [2.45, 2.75) is 32.0 Å². The van der Waals surface area contributed by atoms with Crippen molar-refractivity contribution in [3.8, 4) is 5.69 Å². The van der Waals surface area contributed by atoms with Crippen LogP contribution in [0.5, 0.6) is 0 Å². The summed E-state index contributed by atoms with van der Waals surface area (Å²) in [7, 11) is 1.75. The number of carbonyl (C=O) groups is 1. The summed E-state index contributed by atoms with van der Waals surface area (Å²) in [5, 5.41) is 3.17. The van der Waals surface area contributed by atoms with E-state index in [4.69, 9.17) is 9.98 Å². The molecule has 206 valence electrons. The van der Waals surface area contributed by atoms with Crippen LogP contribution in [-0.2, 0) is 7.05 Å². The number of likely N-dealkylation sites (tertiary alicyclic amines) is 1. The zero-order valence-electron chi connectivity index (χ0n) is 22.9. The largest absolute Gasteiger partial charge is 0.330 e. The molecule has 0 unspecified atom stereocenters. The van der Waals surface area contributed by atoms with Crippen LogP contribution in [0.4, 0.5) is 4.79 Å². The maximum atomic E-state index is 13.7. The molecule has 1 saturated heterocycles. The Kier molecular flexibility index (Phi) is 6.03. The van der Waals surface area contributed by atoms with Crippen LogP contribution < -0.4 is 11.0 Å². The summed E-state index contributed by atoms with van der Waals surface area (Å²) in [6.45, 7) is 3.06. The molecule has 2 aliphatic rings. The fourth-order valence-corrected chi connectivity index (χ4v) is 6.09. The zero-order chi connectivity index (χ0) is 28.1. The number of urea groups is 1.